The van der Waals surface area contributed by atoms with Crippen LogP contribution in [0.2, 0.25) is 5.15 Å². The van der Waals surface area contributed by atoms with Crippen molar-refractivity contribution in [2.24, 2.45) is 0 Å². The van der Waals surface area contributed by atoms with Gasteiger partial charge in [0.05, 0.1) is 10.5 Å². The third-order valence-corrected chi connectivity index (χ3v) is 3.63. The molecule has 1 fully saturated rings. The molecule has 2 heterocycles. The van der Waals surface area contributed by atoms with Crippen molar-refractivity contribution < 1.29 is 14.5 Å². The van der Waals surface area contributed by atoms with Gasteiger partial charge in [0.15, 0.2) is 0 Å². The largest absolute Gasteiger partial charge is 0.357 e. The Morgan fingerprint density at radius 3 is 2.90 bits per heavy atom. The molecule has 0 bridgehead atoms. The molecule has 1 N–H and O–H groups in total. The number of hydrogen-bond donors (Lipinski definition) is 1. The van der Waals surface area contributed by atoms with Gasteiger partial charge >= 0.3 is 0 Å². The molecule has 112 valence electrons. The maximum Gasteiger partial charge on any atom is 0.288 e. The molecule has 1 aromatic heterocycles. The number of nitrogens with one attached hydrogen (secondary N) is 1. The van der Waals surface area contributed by atoms with Crippen molar-refractivity contribution in [1.29, 1.82) is 0 Å². The molecule has 9 heteroatoms. The molecule has 1 aliphatic heterocycles. The lowest BCUT2D eigenvalue weighted by Gasteiger charge is -2.23. The second-order valence-electron chi connectivity index (χ2n) is 4.56. The fraction of sp³-hybridized carbons (Fsp3) is 0.417. The molecule has 0 radical (unpaired) electrons. The highest BCUT2D eigenvalue weighted by molar-refractivity contribution is 6.32. The minimum Gasteiger partial charge on any atom is -0.357 e. The number of likely N-dealkylation sites (N-methyl/N-ethyl adjacent to an activating group) is 1. The van der Waals surface area contributed by atoms with Crippen molar-refractivity contribution >= 4 is 29.1 Å². The molecular weight excluding hydrogens is 300 g/mol. The first-order chi connectivity index (χ1) is 9.95. The predicted octanol–water partition coefficient (Wildman–Crippen LogP) is 0.994. The molecule has 0 aliphatic carbocycles. The van der Waals surface area contributed by atoms with Crippen LogP contribution in [0, 0.1) is 10.1 Å². The quantitative estimate of drug-likeness (QED) is 0.509. The summed E-state index contributed by atoms with van der Waals surface area (Å²) < 4.78 is 0. The Labute approximate surface area is 125 Å². The van der Waals surface area contributed by atoms with E-state index in [1.165, 1.54) is 11.9 Å². The topological polar surface area (TPSA) is 105 Å². The van der Waals surface area contributed by atoms with E-state index in [1.54, 1.807) is 0 Å². The van der Waals surface area contributed by atoms with Gasteiger partial charge in [-0.05, 0) is 12.8 Å². The summed E-state index contributed by atoms with van der Waals surface area (Å²) in [7, 11) is 1.49. The Kier molecular flexibility index (Phi) is 4.37. The third-order valence-electron chi connectivity index (χ3n) is 3.33. The summed E-state index contributed by atoms with van der Waals surface area (Å²) in [5.41, 5.74) is -0.389. The van der Waals surface area contributed by atoms with E-state index in [9.17, 15) is 19.7 Å². The number of nitro groups is 1. The van der Waals surface area contributed by atoms with E-state index in [4.69, 9.17) is 11.6 Å². The van der Waals surface area contributed by atoms with E-state index in [-0.39, 0.29) is 22.3 Å². The van der Waals surface area contributed by atoms with Gasteiger partial charge in [0, 0.05) is 19.7 Å². The number of aromatic nitrogens is 1. The van der Waals surface area contributed by atoms with Crippen LogP contribution in [0.15, 0.2) is 12.3 Å². The predicted molar refractivity (Wildman–Crippen MR) is 74.0 cm³/mol. The monoisotopic (exact) mass is 312 g/mol. The summed E-state index contributed by atoms with van der Waals surface area (Å²) in [5.74, 6) is -0.794. The van der Waals surface area contributed by atoms with Gasteiger partial charge in [0.1, 0.15) is 17.4 Å². The molecule has 1 unspecified atom stereocenters. The van der Waals surface area contributed by atoms with E-state index < -0.39 is 16.9 Å². The van der Waals surface area contributed by atoms with Gasteiger partial charge in [-0.2, -0.15) is 0 Å². The molecule has 0 saturated carbocycles. The van der Waals surface area contributed by atoms with Crippen molar-refractivity contribution in [3.05, 3.63) is 33.1 Å². The van der Waals surface area contributed by atoms with E-state index in [1.807, 2.05) is 0 Å². The molecule has 1 atom stereocenters. The molecule has 0 aromatic carbocycles. The Morgan fingerprint density at radius 2 is 2.29 bits per heavy atom. The first-order valence-electron chi connectivity index (χ1n) is 6.28. The van der Waals surface area contributed by atoms with Gasteiger partial charge < -0.3 is 10.2 Å². The third kappa shape index (κ3) is 2.94. The zero-order valence-corrected chi connectivity index (χ0v) is 12.0. The summed E-state index contributed by atoms with van der Waals surface area (Å²) >= 11 is 5.85. The van der Waals surface area contributed by atoms with Crippen molar-refractivity contribution in [2.45, 2.75) is 18.9 Å². The van der Waals surface area contributed by atoms with Gasteiger partial charge in [-0.3, -0.25) is 19.7 Å². The smallest absolute Gasteiger partial charge is 0.288 e. The molecule has 1 saturated heterocycles. The molecular formula is C12H13ClN4O4. The van der Waals surface area contributed by atoms with Gasteiger partial charge in [-0.25, -0.2) is 4.98 Å². The second kappa shape index (κ2) is 6.04. The molecule has 1 aromatic rings. The van der Waals surface area contributed by atoms with Crippen LogP contribution < -0.4 is 5.32 Å². The number of amides is 2. The van der Waals surface area contributed by atoms with Crippen LogP contribution in [0.1, 0.15) is 23.2 Å². The Hall–Kier alpha value is -2.22. The van der Waals surface area contributed by atoms with Crippen LogP contribution in [-0.4, -0.2) is 46.3 Å². The van der Waals surface area contributed by atoms with Gasteiger partial charge in [0.25, 0.3) is 11.6 Å². The van der Waals surface area contributed by atoms with Crippen molar-refractivity contribution in [2.75, 3.05) is 13.6 Å². The Balaban J connectivity index is 2.33. The van der Waals surface area contributed by atoms with Crippen LogP contribution in [0.3, 0.4) is 0 Å². The number of hydrogen-bond acceptors (Lipinski definition) is 5. The number of carbonyl (C=O) groups is 2. The maximum absolute atomic E-state index is 12.5. The van der Waals surface area contributed by atoms with Crippen molar-refractivity contribution in [1.82, 2.24) is 15.2 Å². The minimum atomic E-state index is -0.652. The average molecular weight is 313 g/mol. The number of likely N-dealkylation sites (tertiary alicyclic amines) is 1. The lowest BCUT2D eigenvalue weighted by molar-refractivity contribution is -0.385. The highest BCUT2D eigenvalue weighted by Gasteiger charge is 2.35. The Bertz CT molecular complexity index is 607. The van der Waals surface area contributed by atoms with Crippen LogP contribution in [-0.2, 0) is 4.79 Å². The lowest BCUT2D eigenvalue weighted by atomic mass is 10.2. The first kappa shape index (κ1) is 15.2. The van der Waals surface area contributed by atoms with Gasteiger partial charge in [0.2, 0.25) is 5.91 Å². The maximum atomic E-state index is 12.5. The summed E-state index contributed by atoms with van der Waals surface area (Å²) in [6.07, 6.45) is 2.22. The minimum absolute atomic E-state index is 0.0679. The number of pyridine rings is 1. The molecule has 21 heavy (non-hydrogen) atoms. The van der Waals surface area contributed by atoms with Crippen LogP contribution in [0.5, 0.6) is 0 Å². The summed E-state index contributed by atoms with van der Waals surface area (Å²) in [6, 6.07) is 0.495. The van der Waals surface area contributed by atoms with E-state index in [0.29, 0.717) is 19.4 Å². The average Bonchev–Trinajstić information content (AvgIpc) is 2.95. The van der Waals surface area contributed by atoms with Crippen LogP contribution in [0.25, 0.3) is 0 Å². The molecule has 0 spiro atoms. The highest BCUT2D eigenvalue weighted by Crippen LogP contribution is 2.25. The molecule has 2 amide bonds. The summed E-state index contributed by atoms with van der Waals surface area (Å²) in [6.45, 7) is 0.399. The second-order valence-corrected chi connectivity index (χ2v) is 4.92. The zero-order chi connectivity index (χ0) is 15.6. The highest BCUT2D eigenvalue weighted by atomic mass is 35.5. The molecule has 8 nitrogen and oxygen atoms in total. The SMILES string of the molecule is CNC(=O)C1CCCN1C(=O)c1cc([N+](=O)[O-])cnc1Cl. The molecule has 1 aliphatic rings. The van der Waals surface area contributed by atoms with Crippen molar-refractivity contribution in [3.8, 4) is 0 Å². The van der Waals surface area contributed by atoms with E-state index in [0.717, 1.165) is 12.3 Å². The first-order valence-corrected chi connectivity index (χ1v) is 6.66. The summed E-state index contributed by atoms with van der Waals surface area (Å²) in [4.78, 5) is 39.4. The van der Waals surface area contributed by atoms with E-state index >= 15 is 0 Å². The standard InChI is InChI=1S/C12H13ClN4O4/c1-14-11(18)9-3-2-4-16(9)12(19)8-5-7(17(20)21)6-15-10(8)13/h5-6,9H,2-4H2,1H3,(H,14,18). The number of nitrogens with zero attached hydrogens (tertiary/aromatic N) is 3. The zero-order valence-electron chi connectivity index (χ0n) is 11.2. The number of rotatable bonds is 3. The number of halogens is 1. The Morgan fingerprint density at radius 1 is 1.57 bits per heavy atom. The summed E-state index contributed by atoms with van der Waals surface area (Å²) in [5, 5.41) is 13.1. The van der Waals surface area contributed by atoms with Crippen LogP contribution in [0.4, 0.5) is 5.69 Å². The fourth-order valence-electron chi connectivity index (χ4n) is 2.29. The van der Waals surface area contributed by atoms with Gasteiger partial charge in [-0.15, -0.1) is 0 Å². The molecule has 2 rings (SSSR count). The normalized spacial score (nSPS) is 17.6. The van der Waals surface area contributed by atoms with Crippen molar-refractivity contribution in [3.63, 3.8) is 0 Å². The number of carbonyl (C=O) groups excluding carboxylic acids is 2. The lowest BCUT2D eigenvalue weighted by Crippen LogP contribution is -2.45. The fourth-order valence-corrected chi connectivity index (χ4v) is 2.47. The van der Waals surface area contributed by atoms with E-state index in [2.05, 4.69) is 10.3 Å². The van der Waals surface area contributed by atoms with Crippen LogP contribution >= 0.6 is 11.6 Å². The van der Waals surface area contributed by atoms with Gasteiger partial charge in [-0.1, -0.05) is 11.6 Å².